The molecule has 0 spiro atoms. The van der Waals surface area contributed by atoms with E-state index in [2.05, 4.69) is 20.3 Å². The number of nitrogens with one attached hydrogen (secondary N) is 1. The van der Waals surface area contributed by atoms with Crippen molar-refractivity contribution in [3.05, 3.63) is 77.7 Å². The molecule has 4 aromatic rings. The van der Waals surface area contributed by atoms with Gasteiger partial charge in [-0.2, -0.15) is 26.3 Å². The van der Waals surface area contributed by atoms with E-state index >= 15 is 0 Å². The van der Waals surface area contributed by atoms with E-state index in [0.29, 0.717) is 11.1 Å². The summed E-state index contributed by atoms with van der Waals surface area (Å²) in [6, 6.07) is 10.7. The lowest BCUT2D eigenvalue weighted by Gasteiger charge is -2.15. The van der Waals surface area contributed by atoms with Gasteiger partial charge >= 0.3 is 12.4 Å². The lowest BCUT2D eigenvalue weighted by Crippen LogP contribution is -2.10. The zero-order valence-corrected chi connectivity index (χ0v) is 18.5. The summed E-state index contributed by atoms with van der Waals surface area (Å²) in [6.45, 7) is 1.15. The Hall–Kier alpha value is -3.77. The van der Waals surface area contributed by atoms with Crippen LogP contribution < -0.4 is 5.32 Å². The van der Waals surface area contributed by atoms with Gasteiger partial charge in [-0.05, 0) is 55.5 Å². The summed E-state index contributed by atoms with van der Waals surface area (Å²) in [5, 5.41) is 12.7. The van der Waals surface area contributed by atoms with Gasteiger partial charge in [-0.3, -0.25) is 4.98 Å². The van der Waals surface area contributed by atoms with Crippen LogP contribution in [-0.2, 0) is 23.7 Å². The van der Waals surface area contributed by atoms with Gasteiger partial charge in [-0.25, -0.2) is 9.97 Å². The molecule has 2 aromatic carbocycles. The summed E-state index contributed by atoms with van der Waals surface area (Å²) >= 11 is 0. The van der Waals surface area contributed by atoms with Crippen molar-refractivity contribution in [3.8, 4) is 11.3 Å². The average molecular weight is 508 g/mol. The van der Waals surface area contributed by atoms with Crippen LogP contribution >= 0.6 is 0 Å². The van der Waals surface area contributed by atoms with Crippen LogP contribution in [0.5, 0.6) is 0 Å². The number of benzene rings is 2. The fraction of sp³-hybridized carbons (Fsp3) is 0.208. The van der Waals surface area contributed by atoms with Gasteiger partial charge < -0.3 is 15.2 Å². The van der Waals surface area contributed by atoms with Crippen LogP contribution in [0, 0.1) is 0 Å². The molecule has 1 unspecified atom stereocenters. The van der Waals surface area contributed by atoms with Gasteiger partial charge in [0, 0.05) is 22.8 Å². The minimum absolute atomic E-state index is 0.0898. The lowest BCUT2D eigenvalue weighted by molar-refractivity contribution is -0.138. The largest absolute Gasteiger partial charge is 0.418 e. The third-order valence-corrected chi connectivity index (χ3v) is 5.06. The highest BCUT2D eigenvalue weighted by Gasteiger charge is 2.34. The van der Waals surface area contributed by atoms with Crippen molar-refractivity contribution in [1.29, 1.82) is 0 Å². The van der Waals surface area contributed by atoms with Gasteiger partial charge in [-0.1, -0.05) is 6.07 Å². The maximum absolute atomic E-state index is 13.5. The van der Waals surface area contributed by atoms with Crippen molar-refractivity contribution >= 4 is 22.4 Å². The molecule has 2 aromatic heterocycles. The molecule has 4 rings (SSSR count). The predicted molar refractivity (Wildman–Crippen MR) is 119 cm³/mol. The molecule has 0 saturated carbocycles. The third kappa shape index (κ3) is 5.71. The van der Waals surface area contributed by atoms with Crippen LogP contribution in [0.15, 0.2) is 60.8 Å². The first-order chi connectivity index (χ1) is 16.9. The Morgan fingerprint density at radius 3 is 2.31 bits per heavy atom. The number of aromatic nitrogens is 3. The number of anilines is 2. The van der Waals surface area contributed by atoms with E-state index in [1.54, 1.807) is 0 Å². The summed E-state index contributed by atoms with van der Waals surface area (Å²) in [5.41, 5.74) is -1.36. The highest BCUT2D eigenvalue weighted by atomic mass is 19.4. The second-order valence-corrected chi connectivity index (χ2v) is 7.73. The number of aliphatic hydroxyl groups is 1. The standard InChI is InChI=1S/C24H18F6N4O2/c1-13(35)36-12-20-33-19-11-14(21-18(24(28,29)30)3-2-10-31-21)4-9-17(19)22(34-20)32-16-7-5-15(6-8-16)23(25,26)27/h2-11,13,35H,12H2,1H3,(H,32,33,34). The molecular formula is C24H18F6N4O2. The summed E-state index contributed by atoms with van der Waals surface area (Å²) in [6.07, 6.45) is -9.02. The first kappa shape index (κ1) is 25.3. The van der Waals surface area contributed by atoms with Crippen molar-refractivity contribution in [2.24, 2.45) is 0 Å². The fourth-order valence-electron chi connectivity index (χ4n) is 3.42. The molecule has 36 heavy (non-hydrogen) atoms. The van der Waals surface area contributed by atoms with Gasteiger partial charge in [-0.15, -0.1) is 0 Å². The summed E-state index contributed by atoms with van der Waals surface area (Å²) in [4.78, 5) is 12.5. The van der Waals surface area contributed by atoms with E-state index in [9.17, 15) is 31.4 Å². The van der Waals surface area contributed by atoms with Gasteiger partial charge in [0.25, 0.3) is 0 Å². The Bertz CT molecular complexity index is 1370. The zero-order valence-electron chi connectivity index (χ0n) is 18.5. The van der Waals surface area contributed by atoms with Crippen LogP contribution in [0.4, 0.5) is 37.8 Å². The summed E-state index contributed by atoms with van der Waals surface area (Å²) in [5.74, 6) is 0.277. The molecular weight excluding hydrogens is 490 g/mol. The van der Waals surface area contributed by atoms with Crippen molar-refractivity contribution in [1.82, 2.24) is 15.0 Å². The van der Waals surface area contributed by atoms with Crippen LogP contribution in [-0.4, -0.2) is 26.3 Å². The molecule has 0 aliphatic carbocycles. The zero-order chi connectivity index (χ0) is 26.1. The number of fused-ring (bicyclic) bond motifs is 1. The van der Waals surface area contributed by atoms with Crippen molar-refractivity contribution in [2.45, 2.75) is 32.2 Å². The molecule has 0 bridgehead atoms. The monoisotopic (exact) mass is 508 g/mol. The fourth-order valence-corrected chi connectivity index (χ4v) is 3.42. The van der Waals surface area contributed by atoms with Crippen LogP contribution in [0.2, 0.25) is 0 Å². The normalized spacial score (nSPS) is 13.1. The van der Waals surface area contributed by atoms with E-state index in [4.69, 9.17) is 4.74 Å². The highest BCUT2D eigenvalue weighted by molar-refractivity contribution is 5.93. The Morgan fingerprint density at radius 2 is 1.67 bits per heavy atom. The van der Waals surface area contributed by atoms with Gasteiger partial charge in [0.15, 0.2) is 12.1 Å². The molecule has 0 saturated heterocycles. The second-order valence-electron chi connectivity index (χ2n) is 7.73. The third-order valence-electron chi connectivity index (χ3n) is 5.06. The van der Waals surface area contributed by atoms with Crippen LogP contribution in [0.1, 0.15) is 23.9 Å². The molecule has 2 heterocycles. The molecule has 6 nitrogen and oxygen atoms in total. The Kier molecular flexibility index (Phi) is 6.83. The number of hydrogen-bond donors (Lipinski definition) is 2. The van der Waals surface area contributed by atoms with Crippen LogP contribution in [0.3, 0.4) is 0 Å². The van der Waals surface area contributed by atoms with Crippen molar-refractivity contribution in [3.63, 3.8) is 0 Å². The first-order valence-electron chi connectivity index (χ1n) is 10.5. The molecule has 188 valence electrons. The minimum Gasteiger partial charge on any atom is -0.368 e. The SMILES string of the molecule is CC(O)OCc1nc(Nc2ccc(C(F)(F)F)cc2)c2ccc(-c3ncccc3C(F)(F)F)cc2n1. The number of hydrogen-bond acceptors (Lipinski definition) is 6. The summed E-state index contributed by atoms with van der Waals surface area (Å²) < 4.78 is 84.3. The van der Waals surface area contributed by atoms with E-state index in [1.165, 1.54) is 49.5 Å². The Morgan fingerprint density at radius 1 is 0.944 bits per heavy atom. The van der Waals surface area contributed by atoms with Gasteiger partial charge in [0.2, 0.25) is 0 Å². The Balaban J connectivity index is 1.79. The molecule has 0 fully saturated rings. The number of pyridine rings is 1. The van der Waals surface area contributed by atoms with Gasteiger partial charge in [0.05, 0.1) is 22.3 Å². The number of nitrogens with zero attached hydrogens (tertiary/aromatic N) is 3. The topological polar surface area (TPSA) is 80.2 Å². The molecule has 12 heteroatoms. The number of alkyl halides is 6. The lowest BCUT2D eigenvalue weighted by atomic mass is 10.0. The maximum atomic E-state index is 13.5. The second kappa shape index (κ2) is 9.70. The highest BCUT2D eigenvalue weighted by Crippen LogP contribution is 2.37. The van der Waals surface area contributed by atoms with Crippen molar-refractivity contribution in [2.75, 3.05) is 5.32 Å². The molecule has 0 aliphatic heterocycles. The molecule has 0 radical (unpaired) electrons. The van der Waals surface area contributed by atoms with E-state index in [1.807, 2.05) is 0 Å². The number of ether oxygens (including phenoxy) is 1. The minimum atomic E-state index is -4.63. The molecule has 1 atom stereocenters. The molecule has 0 amide bonds. The summed E-state index contributed by atoms with van der Waals surface area (Å²) in [7, 11) is 0. The van der Waals surface area contributed by atoms with E-state index in [0.717, 1.165) is 18.2 Å². The maximum Gasteiger partial charge on any atom is 0.418 e. The average Bonchev–Trinajstić information content (AvgIpc) is 2.81. The number of rotatable bonds is 6. The van der Waals surface area contributed by atoms with Crippen LogP contribution in [0.25, 0.3) is 22.2 Å². The first-order valence-corrected chi connectivity index (χ1v) is 10.5. The van der Waals surface area contributed by atoms with E-state index in [-0.39, 0.29) is 35.0 Å². The number of aliphatic hydroxyl groups excluding tert-OH is 1. The van der Waals surface area contributed by atoms with E-state index < -0.39 is 29.8 Å². The van der Waals surface area contributed by atoms with Gasteiger partial charge in [0.1, 0.15) is 12.4 Å². The molecule has 2 N–H and O–H groups in total. The number of halogens is 6. The van der Waals surface area contributed by atoms with Crippen molar-refractivity contribution < 1.29 is 36.2 Å². The predicted octanol–water partition coefficient (Wildman–Crippen LogP) is 6.33. The molecule has 0 aliphatic rings. The Labute approximate surface area is 200 Å². The smallest absolute Gasteiger partial charge is 0.368 e. The quantitative estimate of drug-likeness (QED) is 0.234.